The molecule has 0 aromatic rings. The molecule has 1 aliphatic heterocycles. The van der Waals surface area contributed by atoms with Crippen LogP contribution in [-0.2, 0) is 33.3 Å². The van der Waals surface area contributed by atoms with E-state index in [9.17, 15) is 14.4 Å². The number of hydrogen-bond donors (Lipinski definition) is 1. The van der Waals surface area contributed by atoms with Crippen molar-refractivity contribution in [1.82, 2.24) is 5.32 Å². The summed E-state index contributed by atoms with van der Waals surface area (Å²) in [5.41, 5.74) is -0.713. The van der Waals surface area contributed by atoms with Crippen molar-refractivity contribution in [3.63, 3.8) is 0 Å². The summed E-state index contributed by atoms with van der Waals surface area (Å²) in [5.74, 6) is -1.47. The van der Waals surface area contributed by atoms with E-state index in [0.717, 1.165) is 12.8 Å². The summed E-state index contributed by atoms with van der Waals surface area (Å²) in [5, 5.41) is 2.47. The molecule has 0 aliphatic carbocycles. The molecule has 0 radical (unpaired) electrons. The Morgan fingerprint density at radius 1 is 1.23 bits per heavy atom. The highest BCUT2D eigenvalue weighted by Gasteiger charge is 2.38. The van der Waals surface area contributed by atoms with E-state index in [-0.39, 0.29) is 19.1 Å². The number of unbranched alkanes of at least 4 members (excludes halogenated alkanes) is 1. The molecule has 1 fully saturated rings. The molecule has 4 unspecified atom stereocenters. The third-order valence-electron chi connectivity index (χ3n) is 4.23. The van der Waals surface area contributed by atoms with Crippen LogP contribution in [-0.4, -0.2) is 67.8 Å². The molecule has 1 N–H and O–H groups in total. The normalized spacial score (nSPS) is 25.5. The molecule has 1 rings (SSSR count). The Morgan fingerprint density at radius 2 is 1.90 bits per heavy atom. The van der Waals surface area contributed by atoms with Crippen molar-refractivity contribution in [3.8, 4) is 0 Å². The van der Waals surface area contributed by atoms with Crippen molar-refractivity contribution >= 4 is 18.0 Å². The van der Waals surface area contributed by atoms with Crippen LogP contribution in [0, 0.1) is 5.92 Å². The molecule has 0 saturated carbocycles. The number of hydrogen-bond acceptors (Lipinski definition) is 8. The molecule has 0 spiro atoms. The molecular formula is C21H37NO8. The first-order chi connectivity index (χ1) is 13.9. The van der Waals surface area contributed by atoms with E-state index in [4.69, 9.17) is 23.7 Å². The second-order valence-corrected chi connectivity index (χ2v) is 8.70. The Balaban J connectivity index is 2.94. The molecule has 1 amide bonds. The van der Waals surface area contributed by atoms with Gasteiger partial charge in [-0.25, -0.2) is 9.59 Å². The molecule has 9 heteroatoms. The molecule has 0 bridgehead atoms. The maximum Gasteiger partial charge on any atom is 0.408 e. The first kappa shape index (κ1) is 26.2. The van der Waals surface area contributed by atoms with Crippen molar-refractivity contribution in [2.45, 2.75) is 91.3 Å². The smallest absolute Gasteiger partial charge is 0.408 e. The van der Waals surface area contributed by atoms with Gasteiger partial charge in [0.2, 0.25) is 0 Å². The van der Waals surface area contributed by atoms with Crippen LogP contribution in [0.4, 0.5) is 4.79 Å². The van der Waals surface area contributed by atoms with Crippen LogP contribution in [0.5, 0.6) is 0 Å². The number of cyclic esters (lactones) is 1. The highest BCUT2D eigenvalue weighted by Crippen LogP contribution is 2.18. The number of amides is 1. The zero-order valence-corrected chi connectivity index (χ0v) is 19.2. The molecule has 1 heterocycles. The lowest BCUT2D eigenvalue weighted by atomic mass is 10.1. The van der Waals surface area contributed by atoms with Gasteiger partial charge in [-0.15, -0.1) is 0 Å². The van der Waals surface area contributed by atoms with Crippen molar-refractivity contribution in [2.75, 3.05) is 19.8 Å². The Hall–Kier alpha value is -1.87. The number of esters is 2. The van der Waals surface area contributed by atoms with Gasteiger partial charge in [-0.2, -0.15) is 0 Å². The highest BCUT2D eigenvalue weighted by molar-refractivity contribution is 5.81. The zero-order chi connectivity index (χ0) is 22.9. The van der Waals surface area contributed by atoms with Crippen molar-refractivity contribution in [2.24, 2.45) is 5.92 Å². The highest BCUT2D eigenvalue weighted by atomic mass is 16.6. The van der Waals surface area contributed by atoms with Crippen molar-refractivity contribution < 1.29 is 38.1 Å². The molecule has 1 aliphatic rings. The predicted octanol–water partition coefficient (Wildman–Crippen LogP) is 2.59. The SMILES string of the molecule is CCCCOC1COCC(NC(=O)OC(C)(C)C)C(=O)OC(C)C1OC(=O)C(C)C. The summed E-state index contributed by atoms with van der Waals surface area (Å²) >= 11 is 0. The van der Waals surface area contributed by atoms with Gasteiger partial charge in [0.1, 0.15) is 17.8 Å². The summed E-state index contributed by atoms with van der Waals surface area (Å²) < 4.78 is 27.8. The lowest BCUT2D eigenvalue weighted by Crippen LogP contribution is -2.48. The van der Waals surface area contributed by atoms with Crippen LogP contribution < -0.4 is 5.32 Å². The second kappa shape index (κ2) is 12.1. The molecule has 4 atom stereocenters. The zero-order valence-electron chi connectivity index (χ0n) is 19.2. The lowest BCUT2D eigenvalue weighted by molar-refractivity contribution is -0.183. The second-order valence-electron chi connectivity index (χ2n) is 8.70. The average molecular weight is 432 g/mol. The molecule has 0 aromatic heterocycles. The van der Waals surface area contributed by atoms with E-state index in [0.29, 0.717) is 6.61 Å². The predicted molar refractivity (Wildman–Crippen MR) is 109 cm³/mol. The number of rotatable bonds is 7. The Bertz CT molecular complexity index is 572. The van der Waals surface area contributed by atoms with Gasteiger partial charge in [0.05, 0.1) is 19.1 Å². The number of ether oxygens (including phenoxy) is 5. The van der Waals surface area contributed by atoms with Gasteiger partial charge in [-0.05, 0) is 34.1 Å². The van der Waals surface area contributed by atoms with Gasteiger partial charge in [0.25, 0.3) is 0 Å². The summed E-state index contributed by atoms with van der Waals surface area (Å²) in [6, 6.07) is -1.06. The van der Waals surface area contributed by atoms with E-state index < -0.39 is 48.0 Å². The summed E-state index contributed by atoms with van der Waals surface area (Å²) in [4.78, 5) is 36.9. The minimum atomic E-state index is -1.06. The maximum absolute atomic E-state index is 12.6. The van der Waals surface area contributed by atoms with Gasteiger partial charge in [0.15, 0.2) is 12.1 Å². The topological polar surface area (TPSA) is 109 Å². The molecule has 174 valence electrons. The fourth-order valence-electron chi connectivity index (χ4n) is 2.61. The van der Waals surface area contributed by atoms with E-state index >= 15 is 0 Å². The minimum absolute atomic E-state index is 0.0766. The summed E-state index contributed by atoms with van der Waals surface area (Å²) in [7, 11) is 0. The number of carbonyl (C=O) groups excluding carboxylic acids is 3. The van der Waals surface area contributed by atoms with E-state index in [1.165, 1.54) is 0 Å². The van der Waals surface area contributed by atoms with Crippen LogP contribution in [0.2, 0.25) is 0 Å². The first-order valence-corrected chi connectivity index (χ1v) is 10.5. The molecule has 1 saturated heterocycles. The van der Waals surface area contributed by atoms with Crippen LogP contribution in [0.3, 0.4) is 0 Å². The van der Waals surface area contributed by atoms with E-state index in [2.05, 4.69) is 5.32 Å². The van der Waals surface area contributed by atoms with Crippen LogP contribution in [0.25, 0.3) is 0 Å². The molecule has 30 heavy (non-hydrogen) atoms. The average Bonchev–Trinajstić information content (AvgIpc) is 2.66. The quantitative estimate of drug-likeness (QED) is 0.372. The summed E-state index contributed by atoms with van der Waals surface area (Å²) in [6.07, 6.45) is -1.22. The van der Waals surface area contributed by atoms with Crippen molar-refractivity contribution in [3.05, 3.63) is 0 Å². The van der Waals surface area contributed by atoms with Gasteiger partial charge in [-0.3, -0.25) is 4.79 Å². The van der Waals surface area contributed by atoms with Crippen LogP contribution in [0.1, 0.15) is 61.3 Å². The Kier molecular flexibility index (Phi) is 10.6. The van der Waals surface area contributed by atoms with Crippen molar-refractivity contribution in [1.29, 1.82) is 0 Å². The third-order valence-corrected chi connectivity index (χ3v) is 4.23. The Labute approximate surface area is 179 Å². The van der Waals surface area contributed by atoms with E-state index in [1.807, 2.05) is 6.92 Å². The fraction of sp³-hybridized carbons (Fsp3) is 0.857. The van der Waals surface area contributed by atoms with Gasteiger partial charge < -0.3 is 29.0 Å². The van der Waals surface area contributed by atoms with Gasteiger partial charge in [0, 0.05) is 6.61 Å². The van der Waals surface area contributed by atoms with Crippen LogP contribution in [0.15, 0.2) is 0 Å². The monoisotopic (exact) mass is 431 g/mol. The first-order valence-electron chi connectivity index (χ1n) is 10.5. The molecule has 0 aromatic carbocycles. The number of nitrogens with one attached hydrogen (secondary N) is 1. The number of carbonyl (C=O) groups is 3. The molecular weight excluding hydrogens is 394 g/mol. The van der Waals surface area contributed by atoms with Crippen LogP contribution >= 0.6 is 0 Å². The standard InChI is InChI=1S/C21H37NO8/c1-8-9-10-27-16-12-26-11-15(22-20(25)30-21(5,6)7)19(24)28-14(4)17(16)29-18(23)13(2)3/h13-17H,8-12H2,1-7H3,(H,22,25). The molecule has 9 nitrogen and oxygen atoms in total. The minimum Gasteiger partial charge on any atom is -0.457 e. The largest absolute Gasteiger partial charge is 0.457 e. The van der Waals surface area contributed by atoms with Gasteiger partial charge >= 0.3 is 18.0 Å². The van der Waals surface area contributed by atoms with Gasteiger partial charge in [-0.1, -0.05) is 27.2 Å². The fourth-order valence-corrected chi connectivity index (χ4v) is 2.61. The lowest BCUT2D eigenvalue weighted by Gasteiger charge is -2.30. The third kappa shape index (κ3) is 9.30. The Morgan fingerprint density at radius 3 is 2.47 bits per heavy atom. The van der Waals surface area contributed by atoms with E-state index in [1.54, 1.807) is 41.5 Å². The maximum atomic E-state index is 12.6. The summed E-state index contributed by atoms with van der Waals surface area (Å²) in [6.45, 7) is 12.7. The number of alkyl carbamates (subject to hydrolysis) is 1.